The Morgan fingerprint density at radius 1 is 0.700 bits per heavy atom. The van der Waals surface area contributed by atoms with Gasteiger partial charge in [-0.25, -0.2) is 19.6 Å². The lowest BCUT2D eigenvalue weighted by Crippen LogP contribution is -2.27. The minimum Gasteiger partial charge on any atom is -0.233 e. The Morgan fingerprint density at radius 2 is 1.00 bits per heavy atom. The van der Waals surface area contributed by atoms with E-state index in [1.54, 1.807) is 0 Å². The molecule has 0 saturated heterocycles. The van der Waals surface area contributed by atoms with Crippen molar-refractivity contribution in [3.8, 4) is 0 Å². The molecule has 0 spiro atoms. The van der Waals surface area contributed by atoms with Crippen LogP contribution in [-0.2, 0) is 19.6 Å². The predicted molar refractivity (Wildman–Crippen MR) is 81.2 cm³/mol. The van der Waals surface area contributed by atoms with E-state index in [1.807, 2.05) is 41.5 Å². The quantitative estimate of drug-likeness (QED) is 0.404. The molecule has 0 rings (SSSR count). The summed E-state index contributed by atoms with van der Waals surface area (Å²) in [5.74, 6) is 0. The van der Waals surface area contributed by atoms with Crippen LogP contribution in [0.3, 0.4) is 0 Å². The fourth-order valence-electron chi connectivity index (χ4n) is 1.11. The molecule has 122 valence electrons. The standard InChI is InChI=1S/C16H34O4/c1-9-15(5,6)19-17-13(3)11-12-14(4)18-20-16(7,8)10-2/h13-14H,9-12H2,1-8H3. The smallest absolute Gasteiger partial charge is 0.0977 e. The number of rotatable bonds is 11. The first-order valence-corrected chi connectivity index (χ1v) is 7.81. The molecule has 2 atom stereocenters. The summed E-state index contributed by atoms with van der Waals surface area (Å²) >= 11 is 0. The van der Waals surface area contributed by atoms with Gasteiger partial charge in [-0.3, -0.25) is 0 Å². The topological polar surface area (TPSA) is 36.9 Å². The van der Waals surface area contributed by atoms with Gasteiger partial charge in [0.05, 0.1) is 23.4 Å². The zero-order valence-corrected chi connectivity index (χ0v) is 14.6. The van der Waals surface area contributed by atoms with Gasteiger partial charge in [-0.15, -0.1) is 0 Å². The van der Waals surface area contributed by atoms with Gasteiger partial charge in [0, 0.05) is 0 Å². The van der Waals surface area contributed by atoms with E-state index < -0.39 is 0 Å². The lowest BCUT2D eigenvalue weighted by Gasteiger charge is -2.26. The molecule has 2 unspecified atom stereocenters. The molecule has 20 heavy (non-hydrogen) atoms. The third-order valence-electron chi connectivity index (χ3n) is 3.56. The van der Waals surface area contributed by atoms with Crippen LogP contribution < -0.4 is 0 Å². The number of hydrogen-bond acceptors (Lipinski definition) is 4. The lowest BCUT2D eigenvalue weighted by molar-refractivity contribution is -0.384. The minimum atomic E-state index is -0.232. The summed E-state index contributed by atoms with van der Waals surface area (Å²) in [6, 6.07) is 0. The van der Waals surface area contributed by atoms with Crippen molar-refractivity contribution in [1.82, 2.24) is 0 Å². The maximum Gasteiger partial charge on any atom is 0.0977 e. The Balaban J connectivity index is 3.81. The molecule has 0 aromatic heterocycles. The molecular weight excluding hydrogens is 256 g/mol. The molecule has 4 nitrogen and oxygen atoms in total. The lowest BCUT2D eigenvalue weighted by atomic mass is 10.1. The van der Waals surface area contributed by atoms with Crippen LogP contribution in [0.25, 0.3) is 0 Å². The van der Waals surface area contributed by atoms with Crippen molar-refractivity contribution in [3.63, 3.8) is 0 Å². The largest absolute Gasteiger partial charge is 0.233 e. The van der Waals surface area contributed by atoms with Crippen molar-refractivity contribution >= 4 is 0 Å². The van der Waals surface area contributed by atoms with E-state index in [-0.39, 0.29) is 23.4 Å². The molecule has 0 amide bonds. The Labute approximate surface area is 125 Å². The first-order valence-electron chi connectivity index (χ1n) is 7.81. The van der Waals surface area contributed by atoms with Crippen molar-refractivity contribution in [2.24, 2.45) is 0 Å². The predicted octanol–water partition coefficient (Wildman–Crippen LogP) is 4.82. The number of hydrogen-bond donors (Lipinski definition) is 0. The maximum absolute atomic E-state index is 5.43. The van der Waals surface area contributed by atoms with E-state index in [2.05, 4.69) is 13.8 Å². The van der Waals surface area contributed by atoms with Crippen LogP contribution in [0.4, 0.5) is 0 Å². The normalized spacial score (nSPS) is 16.2. The molecule has 4 heteroatoms. The molecule has 0 aliphatic rings. The first kappa shape index (κ1) is 19.8. The zero-order chi connectivity index (χ0) is 15.8. The molecule has 0 bridgehead atoms. The molecule has 0 aromatic rings. The van der Waals surface area contributed by atoms with Crippen LogP contribution in [0.5, 0.6) is 0 Å². The summed E-state index contributed by atoms with van der Waals surface area (Å²) in [6.45, 7) is 16.3. The average Bonchev–Trinajstić information content (AvgIpc) is 2.40. The summed E-state index contributed by atoms with van der Waals surface area (Å²) in [7, 11) is 0. The van der Waals surface area contributed by atoms with E-state index >= 15 is 0 Å². The van der Waals surface area contributed by atoms with Crippen molar-refractivity contribution in [1.29, 1.82) is 0 Å². The summed E-state index contributed by atoms with van der Waals surface area (Å²) in [5.41, 5.74) is -0.463. The highest BCUT2D eigenvalue weighted by Gasteiger charge is 2.20. The van der Waals surface area contributed by atoms with Crippen molar-refractivity contribution < 1.29 is 19.6 Å². The van der Waals surface area contributed by atoms with Crippen LogP contribution in [0.15, 0.2) is 0 Å². The summed E-state index contributed by atoms with van der Waals surface area (Å²) in [4.78, 5) is 21.7. The van der Waals surface area contributed by atoms with Gasteiger partial charge in [0.2, 0.25) is 0 Å². The first-order chi connectivity index (χ1) is 9.12. The Kier molecular flexibility index (Phi) is 8.91. The van der Waals surface area contributed by atoms with Crippen LogP contribution in [0.2, 0.25) is 0 Å². The molecule has 0 aliphatic heterocycles. The van der Waals surface area contributed by atoms with Gasteiger partial charge in [-0.2, -0.15) is 0 Å². The molecule has 0 heterocycles. The van der Waals surface area contributed by atoms with Crippen LogP contribution in [0, 0.1) is 0 Å². The van der Waals surface area contributed by atoms with Gasteiger partial charge in [0.15, 0.2) is 0 Å². The van der Waals surface area contributed by atoms with E-state index in [1.165, 1.54) is 0 Å². The highest BCUT2D eigenvalue weighted by Crippen LogP contribution is 2.19. The molecule has 0 aliphatic carbocycles. The molecular formula is C16H34O4. The van der Waals surface area contributed by atoms with E-state index in [0.717, 1.165) is 25.7 Å². The van der Waals surface area contributed by atoms with Gasteiger partial charge in [-0.05, 0) is 67.2 Å². The minimum absolute atomic E-state index is 0.0473. The summed E-state index contributed by atoms with van der Waals surface area (Å²) in [5, 5.41) is 0. The third-order valence-corrected chi connectivity index (χ3v) is 3.56. The Morgan fingerprint density at radius 3 is 1.25 bits per heavy atom. The second kappa shape index (κ2) is 8.98. The second-order valence-electron chi connectivity index (χ2n) is 6.78. The van der Waals surface area contributed by atoms with Gasteiger partial charge in [0.25, 0.3) is 0 Å². The Bertz CT molecular complexity index is 225. The third kappa shape index (κ3) is 9.70. The van der Waals surface area contributed by atoms with Crippen LogP contribution >= 0.6 is 0 Å². The van der Waals surface area contributed by atoms with Crippen LogP contribution in [0.1, 0.15) is 81.1 Å². The average molecular weight is 290 g/mol. The molecule has 0 saturated carbocycles. The van der Waals surface area contributed by atoms with Gasteiger partial charge in [-0.1, -0.05) is 13.8 Å². The van der Waals surface area contributed by atoms with Crippen molar-refractivity contribution in [2.75, 3.05) is 0 Å². The second-order valence-corrected chi connectivity index (χ2v) is 6.78. The SMILES string of the molecule is CCC(C)(C)OOC(C)CCC(C)OOC(C)(C)CC. The highest BCUT2D eigenvalue weighted by molar-refractivity contribution is 4.64. The maximum atomic E-state index is 5.43. The van der Waals surface area contributed by atoms with Gasteiger partial charge >= 0.3 is 0 Å². The molecule has 0 fully saturated rings. The summed E-state index contributed by atoms with van der Waals surface area (Å²) < 4.78 is 0. The van der Waals surface area contributed by atoms with Crippen molar-refractivity contribution in [2.45, 2.75) is 104 Å². The van der Waals surface area contributed by atoms with E-state index in [4.69, 9.17) is 19.6 Å². The van der Waals surface area contributed by atoms with E-state index in [0.29, 0.717) is 0 Å². The van der Waals surface area contributed by atoms with Crippen molar-refractivity contribution in [3.05, 3.63) is 0 Å². The fraction of sp³-hybridized carbons (Fsp3) is 1.00. The molecule has 0 radical (unpaired) electrons. The highest BCUT2D eigenvalue weighted by atomic mass is 17.2. The van der Waals surface area contributed by atoms with Gasteiger partial charge in [0.1, 0.15) is 0 Å². The molecule has 0 N–H and O–H groups in total. The van der Waals surface area contributed by atoms with Crippen LogP contribution in [-0.4, -0.2) is 23.4 Å². The Hall–Kier alpha value is -0.160. The molecule has 0 aromatic carbocycles. The zero-order valence-electron chi connectivity index (χ0n) is 14.6. The van der Waals surface area contributed by atoms with Gasteiger partial charge < -0.3 is 0 Å². The fourth-order valence-corrected chi connectivity index (χ4v) is 1.11. The monoisotopic (exact) mass is 290 g/mol. The van der Waals surface area contributed by atoms with E-state index in [9.17, 15) is 0 Å². The summed E-state index contributed by atoms with van der Waals surface area (Å²) in [6.07, 6.45) is 3.67.